The Balaban J connectivity index is 2.02. The summed E-state index contributed by atoms with van der Waals surface area (Å²) in [5.41, 5.74) is 1.47. The fraction of sp³-hybridized carbons (Fsp3) is 0. The Hall–Kier alpha value is -2.89. The van der Waals surface area contributed by atoms with Crippen LogP contribution in [0.2, 0.25) is 0 Å². The van der Waals surface area contributed by atoms with Gasteiger partial charge in [0.25, 0.3) is 0 Å². The molecule has 0 radical (unpaired) electrons. The SMILES string of the molecule is O=C(O)c1cnoc1-c1cnn(-c2ccccc2)c1. The number of aromatic carboxylic acids is 1. The number of carboxylic acid groups (broad SMARTS) is 1. The first-order chi connectivity index (χ1) is 9.25. The minimum Gasteiger partial charge on any atom is -0.477 e. The fourth-order valence-corrected chi connectivity index (χ4v) is 1.76. The number of hydrogen-bond donors (Lipinski definition) is 1. The molecule has 0 atom stereocenters. The van der Waals surface area contributed by atoms with Crippen molar-refractivity contribution in [3.8, 4) is 17.0 Å². The summed E-state index contributed by atoms with van der Waals surface area (Å²) in [6, 6.07) is 9.50. The van der Waals surface area contributed by atoms with Crippen LogP contribution in [-0.2, 0) is 0 Å². The Morgan fingerprint density at radius 1 is 1.21 bits per heavy atom. The van der Waals surface area contributed by atoms with E-state index in [9.17, 15) is 4.79 Å². The van der Waals surface area contributed by atoms with Gasteiger partial charge in [0, 0.05) is 6.20 Å². The lowest BCUT2D eigenvalue weighted by molar-refractivity contribution is 0.0697. The van der Waals surface area contributed by atoms with E-state index in [0.29, 0.717) is 5.56 Å². The standard InChI is InChI=1S/C13H9N3O3/c17-13(18)11-7-15-19-12(11)9-6-14-16(8-9)10-4-2-1-3-5-10/h1-8H,(H,17,18). The van der Waals surface area contributed by atoms with Crippen molar-refractivity contribution >= 4 is 5.97 Å². The van der Waals surface area contributed by atoms with E-state index >= 15 is 0 Å². The van der Waals surface area contributed by atoms with Crippen molar-refractivity contribution in [2.45, 2.75) is 0 Å². The summed E-state index contributed by atoms with van der Waals surface area (Å²) < 4.78 is 6.62. The van der Waals surface area contributed by atoms with Gasteiger partial charge in [-0.2, -0.15) is 5.10 Å². The van der Waals surface area contributed by atoms with Gasteiger partial charge in [-0.1, -0.05) is 23.4 Å². The van der Waals surface area contributed by atoms with Gasteiger partial charge < -0.3 is 9.63 Å². The summed E-state index contributed by atoms with van der Waals surface area (Å²) in [4.78, 5) is 11.0. The maximum absolute atomic E-state index is 11.0. The Morgan fingerprint density at radius 3 is 2.74 bits per heavy atom. The molecule has 3 rings (SSSR count). The van der Waals surface area contributed by atoms with Gasteiger partial charge in [-0.15, -0.1) is 0 Å². The first-order valence-electron chi connectivity index (χ1n) is 5.54. The molecule has 2 heterocycles. The van der Waals surface area contributed by atoms with Crippen molar-refractivity contribution in [3.05, 3.63) is 54.5 Å². The average molecular weight is 255 g/mol. The van der Waals surface area contributed by atoms with E-state index in [1.807, 2.05) is 30.3 Å². The molecule has 0 saturated heterocycles. The Labute approximate surface area is 107 Å². The van der Waals surface area contributed by atoms with E-state index in [1.54, 1.807) is 17.1 Å². The highest BCUT2D eigenvalue weighted by atomic mass is 16.5. The number of benzene rings is 1. The third kappa shape index (κ3) is 1.99. The topological polar surface area (TPSA) is 81.2 Å². The molecule has 2 aromatic heterocycles. The minimum absolute atomic E-state index is 0.0209. The summed E-state index contributed by atoms with van der Waals surface area (Å²) >= 11 is 0. The molecular formula is C13H9N3O3. The van der Waals surface area contributed by atoms with Crippen LogP contribution in [0, 0.1) is 0 Å². The molecule has 0 unspecified atom stereocenters. The van der Waals surface area contributed by atoms with E-state index < -0.39 is 5.97 Å². The molecule has 6 nitrogen and oxygen atoms in total. The highest BCUT2D eigenvalue weighted by Crippen LogP contribution is 2.23. The van der Waals surface area contributed by atoms with Crippen molar-refractivity contribution < 1.29 is 14.4 Å². The van der Waals surface area contributed by atoms with Crippen molar-refractivity contribution in [2.75, 3.05) is 0 Å². The average Bonchev–Trinajstić information content (AvgIpc) is 3.08. The summed E-state index contributed by atoms with van der Waals surface area (Å²) in [5, 5.41) is 16.7. The zero-order chi connectivity index (χ0) is 13.2. The lowest BCUT2D eigenvalue weighted by Gasteiger charge is -1.98. The molecule has 0 bridgehead atoms. The van der Waals surface area contributed by atoms with Crippen molar-refractivity contribution in [1.82, 2.24) is 14.9 Å². The Morgan fingerprint density at radius 2 is 2.00 bits per heavy atom. The highest BCUT2D eigenvalue weighted by Gasteiger charge is 2.18. The number of carboxylic acids is 1. The molecule has 1 aromatic carbocycles. The second-order valence-electron chi connectivity index (χ2n) is 3.88. The fourth-order valence-electron chi connectivity index (χ4n) is 1.76. The summed E-state index contributed by atoms with van der Waals surface area (Å²) in [5.74, 6) is -0.876. The summed E-state index contributed by atoms with van der Waals surface area (Å²) in [6.45, 7) is 0. The lowest BCUT2D eigenvalue weighted by atomic mass is 10.2. The zero-order valence-corrected chi connectivity index (χ0v) is 9.72. The van der Waals surface area contributed by atoms with E-state index in [-0.39, 0.29) is 11.3 Å². The van der Waals surface area contributed by atoms with Crippen LogP contribution >= 0.6 is 0 Å². The van der Waals surface area contributed by atoms with E-state index in [1.165, 1.54) is 6.20 Å². The monoisotopic (exact) mass is 255 g/mol. The van der Waals surface area contributed by atoms with Crippen LogP contribution in [0.3, 0.4) is 0 Å². The summed E-state index contributed by atoms with van der Waals surface area (Å²) in [6.07, 6.45) is 4.42. The van der Waals surface area contributed by atoms with Gasteiger partial charge >= 0.3 is 5.97 Å². The maximum atomic E-state index is 11.0. The van der Waals surface area contributed by atoms with Crippen LogP contribution in [-0.4, -0.2) is 26.0 Å². The minimum atomic E-state index is -1.08. The Bertz CT molecular complexity index is 716. The van der Waals surface area contributed by atoms with Crippen molar-refractivity contribution in [1.29, 1.82) is 0 Å². The van der Waals surface area contributed by atoms with Crippen LogP contribution in [0.4, 0.5) is 0 Å². The van der Waals surface area contributed by atoms with Crippen LogP contribution in [0.5, 0.6) is 0 Å². The molecule has 3 aromatic rings. The molecule has 0 fully saturated rings. The van der Waals surface area contributed by atoms with Crippen LogP contribution in [0.1, 0.15) is 10.4 Å². The van der Waals surface area contributed by atoms with Gasteiger partial charge in [-0.25, -0.2) is 9.48 Å². The van der Waals surface area contributed by atoms with Gasteiger partial charge in [0.2, 0.25) is 0 Å². The molecule has 0 amide bonds. The first kappa shape index (κ1) is 11.2. The number of nitrogens with zero attached hydrogens (tertiary/aromatic N) is 3. The van der Waals surface area contributed by atoms with Gasteiger partial charge in [0.1, 0.15) is 5.56 Å². The van der Waals surface area contributed by atoms with Crippen LogP contribution < -0.4 is 0 Å². The van der Waals surface area contributed by atoms with E-state index in [0.717, 1.165) is 5.69 Å². The van der Waals surface area contributed by atoms with Crippen LogP contribution in [0.25, 0.3) is 17.0 Å². The third-order valence-electron chi connectivity index (χ3n) is 2.67. The number of aromatic nitrogens is 3. The number of hydrogen-bond acceptors (Lipinski definition) is 4. The van der Waals surface area contributed by atoms with E-state index in [4.69, 9.17) is 9.63 Å². The second kappa shape index (κ2) is 4.41. The first-order valence-corrected chi connectivity index (χ1v) is 5.54. The van der Waals surface area contributed by atoms with E-state index in [2.05, 4.69) is 10.3 Å². The molecule has 0 saturated carbocycles. The highest BCUT2D eigenvalue weighted by molar-refractivity contribution is 5.93. The van der Waals surface area contributed by atoms with Crippen molar-refractivity contribution in [3.63, 3.8) is 0 Å². The second-order valence-corrected chi connectivity index (χ2v) is 3.88. The third-order valence-corrected chi connectivity index (χ3v) is 2.67. The number of para-hydroxylation sites is 1. The predicted molar refractivity (Wildman–Crippen MR) is 66.0 cm³/mol. The smallest absolute Gasteiger partial charge is 0.341 e. The van der Waals surface area contributed by atoms with Gasteiger partial charge in [0.15, 0.2) is 5.76 Å². The molecule has 19 heavy (non-hydrogen) atoms. The molecule has 0 aliphatic heterocycles. The maximum Gasteiger partial charge on any atom is 0.341 e. The molecule has 94 valence electrons. The van der Waals surface area contributed by atoms with Gasteiger partial charge in [-0.05, 0) is 12.1 Å². The van der Waals surface area contributed by atoms with Gasteiger partial charge in [0.05, 0.1) is 23.6 Å². The van der Waals surface area contributed by atoms with Crippen LogP contribution in [0.15, 0.2) is 53.4 Å². The number of rotatable bonds is 3. The van der Waals surface area contributed by atoms with Gasteiger partial charge in [-0.3, -0.25) is 0 Å². The molecule has 6 heteroatoms. The molecule has 0 spiro atoms. The molecule has 0 aliphatic rings. The lowest BCUT2D eigenvalue weighted by Crippen LogP contribution is -1.95. The molecule has 0 aliphatic carbocycles. The van der Waals surface area contributed by atoms with Crippen molar-refractivity contribution in [2.24, 2.45) is 0 Å². The molecule has 1 N–H and O–H groups in total. The number of carbonyl (C=O) groups is 1. The largest absolute Gasteiger partial charge is 0.477 e. The Kier molecular flexibility index (Phi) is 2.60. The quantitative estimate of drug-likeness (QED) is 0.776. The molecular weight excluding hydrogens is 246 g/mol. The predicted octanol–water partition coefficient (Wildman–Crippen LogP) is 2.23. The zero-order valence-electron chi connectivity index (χ0n) is 9.72. The normalized spacial score (nSPS) is 10.5. The summed E-state index contributed by atoms with van der Waals surface area (Å²) in [7, 11) is 0.